The predicted molar refractivity (Wildman–Crippen MR) is 164 cm³/mol. The number of carbonyl (C=O) groups is 2. The zero-order valence-corrected chi connectivity index (χ0v) is 25.7. The fourth-order valence-electron chi connectivity index (χ4n) is 2.79. The summed E-state index contributed by atoms with van der Waals surface area (Å²) in [7, 11) is 0. The van der Waals surface area contributed by atoms with Crippen LogP contribution in [0.15, 0.2) is 75.9 Å². The minimum Gasteiger partial charge on any atom is -0.454 e. The maximum atomic E-state index is 11.2. The van der Waals surface area contributed by atoms with Crippen LogP contribution in [-0.4, -0.2) is 24.3 Å². The van der Waals surface area contributed by atoms with Crippen LogP contribution in [0.2, 0.25) is 0 Å². The molecule has 0 aliphatic carbocycles. The molecular weight excluding hydrogens is 488 g/mol. The van der Waals surface area contributed by atoms with E-state index in [9.17, 15) is 9.59 Å². The molecule has 0 aromatic heterocycles. The Balaban J connectivity index is 0. The van der Waals surface area contributed by atoms with Crippen LogP contribution in [0.3, 0.4) is 0 Å². The second-order valence-electron chi connectivity index (χ2n) is 10.4. The average molecular weight is 543 g/mol. The first-order chi connectivity index (χ1) is 17.7. The lowest BCUT2D eigenvalue weighted by atomic mass is 10.1. The highest BCUT2D eigenvalue weighted by Gasteiger charge is 2.29. The first-order valence-electron chi connectivity index (χ1n) is 13.4. The van der Waals surface area contributed by atoms with E-state index in [1.54, 1.807) is 13.8 Å². The van der Waals surface area contributed by atoms with Crippen molar-refractivity contribution in [2.75, 3.05) is 0 Å². The minimum absolute atomic E-state index is 0. The summed E-state index contributed by atoms with van der Waals surface area (Å²) in [4.78, 5) is 22.3. The van der Waals surface area contributed by atoms with E-state index in [2.05, 4.69) is 40.7 Å². The highest BCUT2D eigenvalue weighted by Crippen LogP contribution is 2.24. The third-order valence-electron chi connectivity index (χ3n) is 6.01. The Hall–Kier alpha value is -2.92. The van der Waals surface area contributed by atoms with Crippen LogP contribution in [0.25, 0.3) is 0 Å². The molecule has 0 fully saturated rings. The van der Waals surface area contributed by atoms with Crippen LogP contribution >= 0.6 is 0 Å². The first kappa shape index (κ1) is 38.2. The van der Waals surface area contributed by atoms with Crippen LogP contribution < -0.4 is 0 Å². The van der Waals surface area contributed by atoms with Gasteiger partial charge < -0.3 is 14.2 Å². The summed E-state index contributed by atoms with van der Waals surface area (Å²) in [5.41, 5.74) is 6.90. The van der Waals surface area contributed by atoms with Gasteiger partial charge in [0.15, 0.2) is 0 Å². The molecule has 5 heteroatoms. The van der Waals surface area contributed by atoms with Crippen molar-refractivity contribution in [2.24, 2.45) is 5.92 Å². The lowest BCUT2D eigenvalue weighted by molar-refractivity contribution is -0.161. The lowest BCUT2D eigenvalue weighted by Crippen LogP contribution is -2.15. The van der Waals surface area contributed by atoms with Crippen LogP contribution in [0.1, 0.15) is 102 Å². The van der Waals surface area contributed by atoms with Gasteiger partial charge in [-0.25, -0.2) is 9.59 Å². The van der Waals surface area contributed by atoms with Crippen molar-refractivity contribution >= 4 is 11.9 Å². The Labute approximate surface area is 239 Å². The molecule has 2 unspecified atom stereocenters. The molecule has 0 saturated heterocycles. The fraction of sp³-hybridized carbons (Fsp3) is 0.529. The van der Waals surface area contributed by atoms with Gasteiger partial charge in [0.25, 0.3) is 0 Å². The van der Waals surface area contributed by atoms with Crippen LogP contribution in [0.4, 0.5) is 0 Å². The lowest BCUT2D eigenvalue weighted by Gasteiger charge is -2.12. The normalized spacial score (nSPS) is 17.4. The number of hydrogen-bond donors (Lipinski definition) is 0. The molecule has 0 saturated carbocycles. The van der Waals surface area contributed by atoms with Gasteiger partial charge in [-0.15, -0.1) is 0 Å². The number of cyclic esters (lactones) is 2. The maximum absolute atomic E-state index is 11.2. The van der Waals surface area contributed by atoms with E-state index in [-0.39, 0.29) is 25.5 Å². The topological polar surface area (TPSA) is 61.8 Å². The second kappa shape index (κ2) is 20.0. The first-order valence-corrected chi connectivity index (χ1v) is 13.4. The van der Waals surface area contributed by atoms with Crippen molar-refractivity contribution in [3.8, 4) is 0 Å². The molecule has 220 valence electrons. The third-order valence-corrected chi connectivity index (χ3v) is 6.01. The number of carbonyl (C=O) groups excluding carboxylic acids is 2. The SMILES string of the molecule is C.CC(C)=CC1=C(C)C(=O)OC1C.CC1=C(C)C(OCc2ccccc2)OC1=O.CC=C(C)C.CCC(C)C. The number of hydrogen-bond acceptors (Lipinski definition) is 5. The van der Waals surface area contributed by atoms with E-state index in [4.69, 9.17) is 14.2 Å². The van der Waals surface area contributed by atoms with Gasteiger partial charge in [-0.1, -0.05) is 88.2 Å². The van der Waals surface area contributed by atoms with E-state index in [0.717, 1.165) is 28.2 Å². The molecule has 0 radical (unpaired) electrons. The average Bonchev–Trinajstić information content (AvgIpc) is 3.27. The number of esters is 2. The summed E-state index contributed by atoms with van der Waals surface area (Å²) in [5, 5.41) is 0. The number of allylic oxidation sites excluding steroid dienone is 3. The van der Waals surface area contributed by atoms with Gasteiger partial charge in [-0.2, -0.15) is 0 Å². The predicted octanol–water partition coefficient (Wildman–Crippen LogP) is 9.30. The zero-order chi connectivity index (χ0) is 29.4. The van der Waals surface area contributed by atoms with Gasteiger partial charge in [0.1, 0.15) is 6.10 Å². The van der Waals surface area contributed by atoms with Crippen molar-refractivity contribution in [1.82, 2.24) is 0 Å². The fourth-order valence-corrected chi connectivity index (χ4v) is 2.79. The summed E-state index contributed by atoms with van der Waals surface area (Å²) in [6, 6.07) is 9.81. The molecule has 2 heterocycles. The van der Waals surface area contributed by atoms with Gasteiger partial charge >= 0.3 is 11.9 Å². The molecule has 0 spiro atoms. The summed E-state index contributed by atoms with van der Waals surface area (Å²) in [6.45, 7) is 24.6. The Morgan fingerprint density at radius 1 is 0.923 bits per heavy atom. The van der Waals surface area contributed by atoms with E-state index >= 15 is 0 Å². The van der Waals surface area contributed by atoms with E-state index in [1.807, 2.05) is 71.0 Å². The van der Waals surface area contributed by atoms with Gasteiger partial charge in [0, 0.05) is 22.3 Å². The monoisotopic (exact) mass is 542 g/mol. The Kier molecular flexibility index (Phi) is 19.7. The quantitative estimate of drug-likeness (QED) is 0.274. The molecule has 5 nitrogen and oxygen atoms in total. The van der Waals surface area contributed by atoms with Crippen LogP contribution in [0.5, 0.6) is 0 Å². The molecule has 0 N–H and O–H groups in total. The van der Waals surface area contributed by atoms with Gasteiger partial charge in [-0.3, -0.25) is 0 Å². The summed E-state index contributed by atoms with van der Waals surface area (Å²) in [5.74, 6) is 0.417. The summed E-state index contributed by atoms with van der Waals surface area (Å²) >= 11 is 0. The van der Waals surface area contributed by atoms with E-state index in [1.165, 1.54) is 17.6 Å². The molecule has 1 aromatic rings. The second-order valence-corrected chi connectivity index (χ2v) is 10.4. The molecule has 2 aliphatic rings. The van der Waals surface area contributed by atoms with Crippen LogP contribution in [0, 0.1) is 5.92 Å². The van der Waals surface area contributed by atoms with Crippen molar-refractivity contribution in [3.05, 3.63) is 81.5 Å². The maximum Gasteiger partial charge on any atom is 0.336 e. The van der Waals surface area contributed by atoms with E-state index in [0.29, 0.717) is 12.2 Å². The van der Waals surface area contributed by atoms with Crippen molar-refractivity contribution in [2.45, 2.75) is 116 Å². The summed E-state index contributed by atoms with van der Waals surface area (Å²) < 4.78 is 15.6. The molecule has 39 heavy (non-hydrogen) atoms. The molecule has 0 amide bonds. The van der Waals surface area contributed by atoms with Crippen LogP contribution in [-0.2, 0) is 30.4 Å². The number of benzene rings is 1. The Bertz CT molecular complexity index is 1000. The molecular formula is C34H54O5. The number of rotatable bonds is 5. The highest BCUT2D eigenvalue weighted by atomic mass is 16.7. The standard InChI is InChI=1S/C13H14O3.C10H14O2.C5H12.C5H10.CH4/c1-9-10(2)13(16-12(9)14)15-8-11-6-4-3-5-7-11;1-6(2)5-9-7(3)10(11)12-8(9)4;2*1-4-5(2)3;/h3-7,13H,8H2,1-2H3;5,8H,1-4H3;5H,4H2,1-3H3;4H,1-3H3;1H4. The largest absolute Gasteiger partial charge is 0.454 e. The molecule has 0 bridgehead atoms. The van der Waals surface area contributed by atoms with Gasteiger partial charge in [0.2, 0.25) is 6.29 Å². The third kappa shape index (κ3) is 15.3. The van der Waals surface area contributed by atoms with Crippen molar-refractivity contribution in [1.29, 1.82) is 0 Å². The highest BCUT2D eigenvalue weighted by molar-refractivity contribution is 5.92. The van der Waals surface area contributed by atoms with Crippen molar-refractivity contribution < 1.29 is 23.8 Å². The number of ether oxygens (including phenoxy) is 3. The van der Waals surface area contributed by atoms with Gasteiger partial charge in [0.05, 0.1) is 6.61 Å². The van der Waals surface area contributed by atoms with E-state index < -0.39 is 6.29 Å². The van der Waals surface area contributed by atoms with Crippen molar-refractivity contribution in [3.63, 3.8) is 0 Å². The van der Waals surface area contributed by atoms with Gasteiger partial charge in [-0.05, 0) is 73.8 Å². The Morgan fingerprint density at radius 3 is 1.74 bits per heavy atom. The Morgan fingerprint density at radius 2 is 1.41 bits per heavy atom. The molecule has 2 atom stereocenters. The smallest absolute Gasteiger partial charge is 0.336 e. The molecule has 1 aromatic carbocycles. The molecule has 3 rings (SSSR count). The summed E-state index contributed by atoms with van der Waals surface area (Å²) in [6.07, 6.45) is 4.80. The molecule has 2 aliphatic heterocycles. The minimum atomic E-state index is -0.521. The zero-order valence-electron chi connectivity index (χ0n) is 25.7.